The van der Waals surface area contributed by atoms with Crippen molar-refractivity contribution >= 4 is 5.91 Å². The van der Waals surface area contributed by atoms with Gasteiger partial charge in [0, 0.05) is 19.0 Å². The molecule has 100 valence electrons. The number of rotatable bonds is 4. The van der Waals surface area contributed by atoms with Gasteiger partial charge in [0.1, 0.15) is 0 Å². The van der Waals surface area contributed by atoms with Gasteiger partial charge in [-0.05, 0) is 12.8 Å². The summed E-state index contributed by atoms with van der Waals surface area (Å²) >= 11 is 0. The van der Waals surface area contributed by atoms with Crippen LogP contribution in [0, 0.1) is 5.92 Å². The Bertz CT molecular complexity index is 258. The minimum Gasteiger partial charge on any atom is -0.394 e. The fraction of sp³-hybridized carbons (Fsp3) is 0.917. The van der Waals surface area contributed by atoms with Gasteiger partial charge >= 0.3 is 0 Å². The molecule has 5 heteroatoms. The Morgan fingerprint density at radius 3 is 2.76 bits per heavy atom. The first-order valence-electron chi connectivity index (χ1n) is 6.23. The van der Waals surface area contributed by atoms with Crippen LogP contribution >= 0.6 is 0 Å². The number of aliphatic hydroxyl groups is 1. The molecule has 1 fully saturated rings. The minimum absolute atomic E-state index is 0.0489. The second kappa shape index (κ2) is 6.33. The third-order valence-electron chi connectivity index (χ3n) is 3.30. The first-order chi connectivity index (χ1) is 7.95. The fourth-order valence-corrected chi connectivity index (χ4v) is 1.83. The molecule has 0 aromatic carbocycles. The Morgan fingerprint density at radius 2 is 2.24 bits per heavy atom. The van der Waals surface area contributed by atoms with Crippen molar-refractivity contribution in [1.82, 2.24) is 4.90 Å². The van der Waals surface area contributed by atoms with E-state index in [0.29, 0.717) is 25.5 Å². The van der Waals surface area contributed by atoms with E-state index in [1.54, 1.807) is 4.90 Å². The maximum absolute atomic E-state index is 12.1. The molecule has 3 N–H and O–H groups in total. The Labute approximate surface area is 103 Å². The first-order valence-corrected chi connectivity index (χ1v) is 6.23. The third kappa shape index (κ3) is 3.94. The van der Waals surface area contributed by atoms with Crippen LogP contribution in [0.4, 0.5) is 0 Å². The summed E-state index contributed by atoms with van der Waals surface area (Å²) in [7, 11) is 0. The second-order valence-corrected chi connectivity index (χ2v) is 5.15. The van der Waals surface area contributed by atoms with Crippen molar-refractivity contribution in [1.29, 1.82) is 0 Å². The average molecular weight is 244 g/mol. The van der Waals surface area contributed by atoms with Crippen molar-refractivity contribution in [2.24, 2.45) is 11.7 Å². The van der Waals surface area contributed by atoms with Crippen LogP contribution < -0.4 is 5.73 Å². The number of nitrogens with two attached hydrogens (primary N) is 1. The molecule has 17 heavy (non-hydrogen) atoms. The Morgan fingerprint density at radius 1 is 1.59 bits per heavy atom. The molecule has 1 aliphatic rings. The van der Waals surface area contributed by atoms with Crippen LogP contribution in [0.25, 0.3) is 0 Å². The molecule has 0 aromatic rings. The molecular weight excluding hydrogens is 220 g/mol. The highest BCUT2D eigenvalue weighted by Crippen LogP contribution is 2.14. The number of nitrogens with zero attached hydrogens (tertiary/aromatic N) is 1. The maximum Gasteiger partial charge on any atom is 0.224 e. The summed E-state index contributed by atoms with van der Waals surface area (Å²) in [4.78, 5) is 13.9. The van der Waals surface area contributed by atoms with Crippen molar-refractivity contribution in [3.05, 3.63) is 0 Å². The van der Waals surface area contributed by atoms with Crippen LogP contribution in [-0.4, -0.2) is 53.9 Å². The molecule has 1 rings (SSSR count). The minimum atomic E-state index is -0.259. The van der Waals surface area contributed by atoms with Crippen molar-refractivity contribution in [3.63, 3.8) is 0 Å². The van der Waals surface area contributed by atoms with Gasteiger partial charge < -0.3 is 20.5 Å². The van der Waals surface area contributed by atoms with Crippen molar-refractivity contribution in [2.75, 3.05) is 19.8 Å². The predicted octanol–water partition coefficient (Wildman–Crippen LogP) is -0.0320. The first kappa shape index (κ1) is 14.4. The topological polar surface area (TPSA) is 75.8 Å². The molecule has 0 radical (unpaired) electrons. The van der Waals surface area contributed by atoms with E-state index in [1.165, 1.54) is 0 Å². The summed E-state index contributed by atoms with van der Waals surface area (Å²) in [6.45, 7) is 6.86. The second-order valence-electron chi connectivity index (χ2n) is 5.15. The molecule has 1 amide bonds. The smallest absolute Gasteiger partial charge is 0.224 e. The number of carbonyl (C=O) groups excluding carboxylic acids is 1. The lowest BCUT2D eigenvalue weighted by molar-refractivity contribution is -0.146. The number of aliphatic hydroxyl groups excluding tert-OH is 1. The average Bonchev–Trinajstić information content (AvgIpc) is 2.29. The molecule has 3 atom stereocenters. The maximum atomic E-state index is 12.1. The highest BCUT2D eigenvalue weighted by Gasteiger charge is 2.30. The number of ether oxygens (including phenoxy) is 1. The molecule has 0 spiro atoms. The van der Waals surface area contributed by atoms with Gasteiger partial charge in [-0.3, -0.25) is 4.79 Å². The lowest BCUT2D eigenvalue weighted by Gasteiger charge is -2.38. The quantitative estimate of drug-likeness (QED) is 0.728. The third-order valence-corrected chi connectivity index (χ3v) is 3.30. The summed E-state index contributed by atoms with van der Waals surface area (Å²) in [5, 5.41) is 9.06. The zero-order valence-electron chi connectivity index (χ0n) is 10.9. The summed E-state index contributed by atoms with van der Waals surface area (Å²) in [6, 6.07) is -0.0465. The van der Waals surface area contributed by atoms with Gasteiger partial charge in [0.05, 0.1) is 25.4 Å². The van der Waals surface area contributed by atoms with Crippen LogP contribution in [-0.2, 0) is 9.53 Å². The van der Waals surface area contributed by atoms with Crippen LogP contribution in [0.3, 0.4) is 0 Å². The Kier molecular flexibility index (Phi) is 5.36. The standard InChI is InChI=1S/C12H24N2O3/c1-8(2)11(13)4-12(16)14-5-10(6-15)17-7-9(14)3/h8-11,15H,4-7,13H2,1-3H3. The van der Waals surface area contributed by atoms with Crippen LogP contribution in [0.15, 0.2) is 0 Å². The monoisotopic (exact) mass is 244 g/mol. The number of morpholine rings is 1. The lowest BCUT2D eigenvalue weighted by Crippen LogP contribution is -2.53. The molecule has 0 bridgehead atoms. The van der Waals surface area contributed by atoms with E-state index in [2.05, 4.69) is 0 Å². The zero-order valence-corrected chi connectivity index (χ0v) is 10.9. The summed E-state index contributed by atoms with van der Waals surface area (Å²) in [5.74, 6) is 0.351. The van der Waals surface area contributed by atoms with E-state index >= 15 is 0 Å². The summed E-state index contributed by atoms with van der Waals surface area (Å²) in [5.41, 5.74) is 5.91. The van der Waals surface area contributed by atoms with Crippen molar-refractivity contribution < 1.29 is 14.6 Å². The van der Waals surface area contributed by atoms with Gasteiger partial charge in [-0.2, -0.15) is 0 Å². The molecule has 1 aliphatic heterocycles. The predicted molar refractivity (Wildman–Crippen MR) is 65.4 cm³/mol. The molecule has 5 nitrogen and oxygen atoms in total. The van der Waals surface area contributed by atoms with E-state index in [1.807, 2.05) is 20.8 Å². The SMILES string of the molecule is CC(C)C(N)CC(=O)N1CC(CO)OCC1C. The van der Waals surface area contributed by atoms with Gasteiger partial charge in [0.15, 0.2) is 0 Å². The fourth-order valence-electron chi connectivity index (χ4n) is 1.83. The highest BCUT2D eigenvalue weighted by molar-refractivity contribution is 5.77. The van der Waals surface area contributed by atoms with Gasteiger partial charge in [-0.15, -0.1) is 0 Å². The van der Waals surface area contributed by atoms with Gasteiger partial charge in [-0.25, -0.2) is 0 Å². The van der Waals surface area contributed by atoms with Crippen molar-refractivity contribution in [3.8, 4) is 0 Å². The number of amides is 1. The lowest BCUT2D eigenvalue weighted by atomic mass is 10.0. The van der Waals surface area contributed by atoms with E-state index in [0.717, 1.165) is 0 Å². The van der Waals surface area contributed by atoms with Gasteiger partial charge in [-0.1, -0.05) is 13.8 Å². The molecular formula is C12H24N2O3. The van der Waals surface area contributed by atoms with Gasteiger partial charge in [0.2, 0.25) is 5.91 Å². The van der Waals surface area contributed by atoms with E-state index in [-0.39, 0.29) is 30.7 Å². The van der Waals surface area contributed by atoms with E-state index in [9.17, 15) is 4.79 Å². The van der Waals surface area contributed by atoms with Gasteiger partial charge in [0.25, 0.3) is 0 Å². The van der Waals surface area contributed by atoms with Crippen molar-refractivity contribution in [2.45, 2.75) is 45.4 Å². The highest BCUT2D eigenvalue weighted by atomic mass is 16.5. The Balaban J connectivity index is 2.54. The molecule has 0 aromatic heterocycles. The summed E-state index contributed by atoms with van der Waals surface area (Å²) in [6.07, 6.45) is 0.102. The normalized spacial score (nSPS) is 27.3. The molecule has 0 aliphatic carbocycles. The molecule has 1 saturated heterocycles. The van der Waals surface area contributed by atoms with Crippen LogP contribution in [0.2, 0.25) is 0 Å². The summed E-state index contributed by atoms with van der Waals surface area (Å²) < 4.78 is 5.40. The van der Waals surface area contributed by atoms with Crippen LogP contribution in [0.5, 0.6) is 0 Å². The van der Waals surface area contributed by atoms with Crippen LogP contribution in [0.1, 0.15) is 27.2 Å². The number of hydrogen-bond acceptors (Lipinski definition) is 4. The molecule has 3 unspecified atom stereocenters. The molecule has 0 saturated carbocycles. The Hall–Kier alpha value is -0.650. The number of hydrogen-bond donors (Lipinski definition) is 2. The van der Waals surface area contributed by atoms with E-state index < -0.39 is 0 Å². The van der Waals surface area contributed by atoms with E-state index in [4.69, 9.17) is 15.6 Å². The largest absolute Gasteiger partial charge is 0.394 e. The zero-order chi connectivity index (χ0) is 13.0. The number of carbonyl (C=O) groups is 1. The molecule has 1 heterocycles.